The van der Waals surface area contributed by atoms with E-state index >= 15 is 0 Å². The highest BCUT2D eigenvalue weighted by atomic mass is 19.3. The van der Waals surface area contributed by atoms with Gasteiger partial charge in [0.1, 0.15) is 5.75 Å². The Balaban J connectivity index is 2.42. The summed E-state index contributed by atoms with van der Waals surface area (Å²) in [5, 5.41) is 3.21. The zero-order valence-corrected chi connectivity index (χ0v) is 11.6. The fraction of sp³-hybridized carbons (Fsp3) is 0.467. The van der Waals surface area contributed by atoms with Gasteiger partial charge in [0.25, 0.3) is 0 Å². The van der Waals surface area contributed by atoms with Gasteiger partial charge in [-0.25, -0.2) is 0 Å². The van der Waals surface area contributed by atoms with Crippen LogP contribution in [0.15, 0.2) is 36.9 Å². The molecule has 20 heavy (non-hydrogen) atoms. The molecule has 1 aromatic carbocycles. The van der Waals surface area contributed by atoms with Crippen molar-refractivity contribution < 1.29 is 18.3 Å². The van der Waals surface area contributed by atoms with E-state index in [1.54, 1.807) is 30.3 Å². The van der Waals surface area contributed by atoms with Crippen LogP contribution in [0.4, 0.5) is 8.78 Å². The maximum Gasteiger partial charge on any atom is 0.387 e. The molecule has 0 bridgehead atoms. The molecule has 0 aliphatic carbocycles. The maximum atomic E-state index is 12.3. The van der Waals surface area contributed by atoms with Crippen molar-refractivity contribution in [3.63, 3.8) is 0 Å². The summed E-state index contributed by atoms with van der Waals surface area (Å²) in [6.07, 6.45) is 2.62. The largest absolute Gasteiger partial charge is 0.434 e. The van der Waals surface area contributed by atoms with E-state index in [2.05, 4.69) is 16.6 Å². The summed E-state index contributed by atoms with van der Waals surface area (Å²) in [4.78, 5) is 0. The first-order chi connectivity index (χ1) is 9.65. The van der Waals surface area contributed by atoms with E-state index in [-0.39, 0.29) is 11.8 Å². The smallest absolute Gasteiger partial charge is 0.387 e. The number of rotatable bonds is 10. The average molecular weight is 285 g/mol. The predicted octanol–water partition coefficient (Wildman–Crippen LogP) is 3.53. The van der Waals surface area contributed by atoms with E-state index in [0.717, 1.165) is 6.42 Å². The lowest BCUT2D eigenvalue weighted by atomic mass is 10.1. The molecule has 0 aliphatic heterocycles. The average Bonchev–Trinajstić information content (AvgIpc) is 2.42. The van der Waals surface area contributed by atoms with Gasteiger partial charge in [0.2, 0.25) is 0 Å². The number of halogens is 2. The van der Waals surface area contributed by atoms with Gasteiger partial charge in [-0.3, -0.25) is 0 Å². The lowest BCUT2D eigenvalue weighted by Gasteiger charge is -2.18. The van der Waals surface area contributed by atoms with Gasteiger partial charge in [0, 0.05) is 18.2 Å². The second-order valence-corrected chi connectivity index (χ2v) is 4.28. The first-order valence-electron chi connectivity index (χ1n) is 6.61. The number of benzene rings is 1. The van der Waals surface area contributed by atoms with Crippen molar-refractivity contribution >= 4 is 0 Å². The summed E-state index contributed by atoms with van der Waals surface area (Å²) in [7, 11) is 0. The molecule has 1 atom stereocenters. The number of hydrogen-bond donors (Lipinski definition) is 1. The molecule has 0 saturated carbocycles. The van der Waals surface area contributed by atoms with E-state index in [9.17, 15) is 8.78 Å². The topological polar surface area (TPSA) is 30.5 Å². The molecular weight excluding hydrogens is 264 g/mol. The normalized spacial score (nSPS) is 12.4. The first-order valence-corrected chi connectivity index (χ1v) is 6.61. The Hall–Kier alpha value is -1.46. The minimum absolute atomic E-state index is 0.0899. The van der Waals surface area contributed by atoms with Crippen molar-refractivity contribution in [3.05, 3.63) is 42.5 Å². The van der Waals surface area contributed by atoms with Gasteiger partial charge in [0.15, 0.2) is 0 Å². The van der Waals surface area contributed by atoms with Crippen LogP contribution in [0.5, 0.6) is 5.75 Å². The number of para-hydroxylation sites is 1. The quantitative estimate of drug-likeness (QED) is 0.527. The molecule has 1 N–H and O–H groups in total. The lowest BCUT2D eigenvalue weighted by Crippen LogP contribution is -2.24. The van der Waals surface area contributed by atoms with Crippen LogP contribution in [-0.4, -0.2) is 26.4 Å². The van der Waals surface area contributed by atoms with Crippen molar-refractivity contribution in [2.45, 2.75) is 26.0 Å². The van der Waals surface area contributed by atoms with Crippen LogP contribution >= 0.6 is 0 Å². The molecule has 5 heteroatoms. The van der Waals surface area contributed by atoms with Crippen LogP contribution < -0.4 is 10.1 Å². The Morgan fingerprint density at radius 3 is 2.75 bits per heavy atom. The number of hydrogen-bond acceptors (Lipinski definition) is 3. The highest BCUT2D eigenvalue weighted by molar-refractivity contribution is 5.35. The number of nitrogens with one attached hydrogen (secondary N) is 1. The molecule has 1 rings (SSSR count). The van der Waals surface area contributed by atoms with Crippen LogP contribution in [-0.2, 0) is 4.74 Å². The van der Waals surface area contributed by atoms with Gasteiger partial charge in [-0.15, -0.1) is 6.58 Å². The molecule has 0 radical (unpaired) electrons. The van der Waals surface area contributed by atoms with Crippen molar-refractivity contribution in [2.24, 2.45) is 0 Å². The second-order valence-electron chi connectivity index (χ2n) is 4.28. The van der Waals surface area contributed by atoms with E-state index in [0.29, 0.717) is 25.3 Å². The predicted molar refractivity (Wildman–Crippen MR) is 75.1 cm³/mol. The summed E-state index contributed by atoms with van der Waals surface area (Å²) < 4.78 is 34.5. The van der Waals surface area contributed by atoms with Crippen LogP contribution in [0.1, 0.15) is 24.9 Å². The summed E-state index contributed by atoms with van der Waals surface area (Å²) in [5.74, 6) is 0.204. The van der Waals surface area contributed by atoms with Gasteiger partial charge < -0.3 is 14.8 Å². The van der Waals surface area contributed by atoms with E-state index in [1.807, 2.05) is 6.92 Å². The fourth-order valence-corrected chi connectivity index (χ4v) is 1.77. The zero-order chi connectivity index (χ0) is 14.8. The molecule has 112 valence electrons. The molecule has 0 aliphatic rings. The summed E-state index contributed by atoms with van der Waals surface area (Å²) in [6, 6.07) is 6.69. The molecule has 0 fully saturated rings. The molecule has 0 spiro atoms. The van der Waals surface area contributed by atoms with Crippen LogP contribution in [0.25, 0.3) is 0 Å². The van der Waals surface area contributed by atoms with E-state index < -0.39 is 6.61 Å². The number of ether oxygens (including phenoxy) is 2. The van der Waals surface area contributed by atoms with Gasteiger partial charge in [-0.05, 0) is 19.4 Å². The minimum Gasteiger partial charge on any atom is -0.434 e. The van der Waals surface area contributed by atoms with Crippen LogP contribution in [0.3, 0.4) is 0 Å². The third kappa shape index (κ3) is 6.12. The Morgan fingerprint density at radius 2 is 2.05 bits per heavy atom. The van der Waals surface area contributed by atoms with Crippen LogP contribution in [0, 0.1) is 0 Å². The zero-order valence-electron chi connectivity index (χ0n) is 11.6. The maximum absolute atomic E-state index is 12.3. The van der Waals surface area contributed by atoms with E-state index in [4.69, 9.17) is 4.74 Å². The molecule has 1 unspecified atom stereocenters. The molecule has 1 aromatic rings. The Kier molecular flexibility index (Phi) is 7.84. The van der Waals surface area contributed by atoms with Crippen LogP contribution in [0.2, 0.25) is 0 Å². The van der Waals surface area contributed by atoms with Crippen molar-refractivity contribution in [1.29, 1.82) is 0 Å². The first kappa shape index (κ1) is 16.6. The monoisotopic (exact) mass is 285 g/mol. The summed E-state index contributed by atoms with van der Waals surface area (Å²) in [6.45, 7) is 4.54. The highest BCUT2D eigenvalue weighted by Gasteiger charge is 2.13. The highest BCUT2D eigenvalue weighted by Crippen LogP contribution is 2.25. The van der Waals surface area contributed by atoms with Crippen molar-refractivity contribution in [2.75, 3.05) is 19.8 Å². The summed E-state index contributed by atoms with van der Waals surface area (Å²) in [5.41, 5.74) is 0.707. The fourth-order valence-electron chi connectivity index (χ4n) is 1.77. The molecule has 0 heterocycles. The van der Waals surface area contributed by atoms with Gasteiger partial charge >= 0.3 is 6.61 Å². The summed E-state index contributed by atoms with van der Waals surface area (Å²) >= 11 is 0. The van der Waals surface area contributed by atoms with Gasteiger partial charge in [-0.2, -0.15) is 8.78 Å². The second kappa shape index (κ2) is 9.44. The lowest BCUT2D eigenvalue weighted by molar-refractivity contribution is -0.0506. The third-order valence-corrected chi connectivity index (χ3v) is 2.76. The van der Waals surface area contributed by atoms with Gasteiger partial charge in [-0.1, -0.05) is 24.3 Å². The Morgan fingerprint density at radius 1 is 1.30 bits per heavy atom. The van der Waals surface area contributed by atoms with Crippen molar-refractivity contribution in [3.8, 4) is 5.75 Å². The molecular formula is C15H21F2NO2. The Labute approximate surface area is 118 Å². The minimum atomic E-state index is -2.81. The van der Waals surface area contributed by atoms with Gasteiger partial charge in [0.05, 0.1) is 13.2 Å². The third-order valence-electron chi connectivity index (χ3n) is 2.76. The molecule has 0 amide bonds. The Bertz CT molecular complexity index is 399. The molecule has 0 saturated heterocycles. The van der Waals surface area contributed by atoms with E-state index in [1.165, 1.54) is 0 Å². The number of alkyl halides is 2. The molecule has 0 aromatic heterocycles. The SMILES string of the molecule is C=CCCOCCNC(C)c1ccccc1OC(F)F. The van der Waals surface area contributed by atoms with Crippen molar-refractivity contribution in [1.82, 2.24) is 5.32 Å². The molecule has 3 nitrogen and oxygen atoms in total. The standard InChI is InChI=1S/C15H21F2NO2/c1-3-4-10-19-11-9-18-12(2)13-7-5-6-8-14(13)20-15(16)17/h3,5-8,12,15,18H,1,4,9-11H2,2H3.